The fourth-order valence-corrected chi connectivity index (χ4v) is 2.15. The van der Waals surface area contributed by atoms with Gasteiger partial charge in [0.15, 0.2) is 10.9 Å². The molecule has 1 aromatic heterocycles. The van der Waals surface area contributed by atoms with Gasteiger partial charge in [0.2, 0.25) is 0 Å². The van der Waals surface area contributed by atoms with Crippen molar-refractivity contribution in [3.63, 3.8) is 0 Å². The van der Waals surface area contributed by atoms with Gasteiger partial charge < -0.3 is 14.8 Å². The molecule has 4 nitrogen and oxygen atoms in total. The van der Waals surface area contributed by atoms with Crippen LogP contribution in [-0.2, 0) is 13.0 Å². The van der Waals surface area contributed by atoms with E-state index >= 15 is 0 Å². The predicted molar refractivity (Wildman–Crippen MR) is 78.9 cm³/mol. The minimum absolute atomic E-state index is 0.0489. The Hall–Kier alpha value is -1.72. The number of thioether (sulfide) groups is 1. The molecular formula is C15H17NO3S. The number of carbonyl (C=O) groups is 1. The van der Waals surface area contributed by atoms with Crippen LogP contribution in [0.3, 0.4) is 0 Å². The van der Waals surface area contributed by atoms with Gasteiger partial charge >= 0.3 is 0 Å². The van der Waals surface area contributed by atoms with E-state index in [1.807, 2.05) is 30.5 Å². The number of hydrogen-bond donors (Lipinski definition) is 2. The Labute approximate surface area is 122 Å². The average Bonchev–Trinajstić information content (AvgIpc) is 2.97. The summed E-state index contributed by atoms with van der Waals surface area (Å²) in [7, 11) is 0. The Kier molecular flexibility index (Phi) is 5.26. The molecule has 0 aliphatic heterocycles. The van der Waals surface area contributed by atoms with Gasteiger partial charge in [0.1, 0.15) is 0 Å². The topological polar surface area (TPSA) is 62.5 Å². The second-order valence-electron chi connectivity index (χ2n) is 4.30. The molecule has 106 valence electrons. The Balaban J connectivity index is 1.81. The van der Waals surface area contributed by atoms with Gasteiger partial charge in [0.05, 0.1) is 6.61 Å². The number of aliphatic hydroxyl groups excluding tert-OH is 1. The van der Waals surface area contributed by atoms with E-state index in [2.05, 4.69) is 5.32 Å². The third kappa shape index (κ3) is 3.88. The molecule has 20 heavy (non-hydrogen) atoms. The Morgan fingerprint density at radius 3 is 2.50 bits per heavy atom. The molecule has 1 amide bonds. The molecule has 1 heterocycles. The first kappa shape index (κ1) is 14.7. The van der Waals surface area contributed by atoms with E-state index in [1.165, 1.54) is 11.8 Å². The first-order valence-corrected chi connectivity index (χ1v) is 7.56. The minimum Gasteiger partial charge on any atom is -0.445 e. The molecule has 1 aromatic carbocycles. The zero-order chi connectivity index (χ0) is 14.4. The zero-order valence-electron chi connectivity index (χ0n) is 11.3. The van der Waals surface area contributed by atoms with E-state index in [0.717, 1.165) is 22.6 Å². The predicted octanol–water partition coefficient (Wildman–Crippen LogP) is 2.47. The molecule has 0 saturated heterocycles. The van der Waals surface area contributed by atoms with Gasteiger partial charge in [0, 0.05) is 6.54 Å². The number of hydrogen-bond acceptors (Lipinski definition) is 4. The third-order valence-electron chi connectivity index (χ3n) is 2.91. The molecule has 0 bridgehead atoms. The van der Waals surface area contributed by atoms with E-state index in [0.29, 0.717) is 12.3 Å². The summed E-state index contributed by atoms with van der Waals surface area (Å²) in [6.07, 6.45) is 2.64. The van der Waals surface area contributed by atoms with E-state index < -0.39 is 0 Å². The number of rotatable bonds is 6. The highest BCUT2D eigenvalue weighted by molar-refractivity contribution is 7.98. The molecule has 0 fully saturated rings. The van der Waals surface area contributed by atoms with Gasteiger partial charge in [-0.15, -0.1) is 0 Å². The third-order valence-corrected chi connectivity index (χ3v) is 3.53. The van der Waals surface area contributed by atoms with E-state index in [-0.39, 0.29) is 12.5 Å². The maximum Gasteiger partial charge on any atom is 0.287 e. The van der Waals surface area contributed by atoms with Crippen molar-refractivity contribution in [2.45, 2.75) is 18.1 Å². The SMILES string of the molecule is CSc1ccc(C(=O)NCCc2ccc(CO)cc2)o1. The number of furan rings is 1. The fraction of sp³-hybridized carbons (Fsp3) is 0.267. The summed E-state index contributed by atoms with van der Waals surface area (Å²) in [6, 6.07) is 11.1. The highest BCUT2D eigenvalue weighted by Crippen LogP contribution is 2.17. The number of carbonyl (C=O) groups excluding carboxylic acids is 1. The Morgan fingerprint density at radius 2 is 1.90 bits per heavy atom. The Morgan fingerprint density at radius 1 is 1.20 bits per heavy atom. The van der Waals surface area contributed by atoms with Gasteiger partial charge in [-0.25, -0.2) is 0 Å². The van der Waals surface area contributed by atoms with Crippen molar-refractivity contribution in [3.8, 4) is 0 Å². The first-order chi connectivity index (χ1) is 9.72. The van der Waals surface area contributed by atoms with Crippen molar-refractivity contribution < 1.29 is 14.3 Å². The quantitative estimate of drug-likeness (QED) is 0.803. The highest BCUT2D eigenvalue weighted by atomic mass is 32.2. The number of aliphatic hydroxyl groups is 1. The molecule has 2 N–H and O–H groups in total. The lowest BCUT2D eigenvalue weighted by Gasteiger charge is -2.04. The summed E-state index contributed by atoms with van der Waals surface area (Å²) in [5.74, 6) is 0.141. The van der Waals surface area contributed by atoms with Crippen LogP contribution in [0, 0.1) is 0 Å². The highest BCUT2D eigenvalue weighted by Gasteiger charge is 2.09. The van der Waals surface area contributed by atoms with Crippen LogP contribution in [0.1, 0.15) is 21.7 Å². The molecule has 0 saturated carbocycles. The molecule has 0 aliphatic rings. The first-order valence-electron chi connectivity index (χ1n) is 6.33. The van der Waals surface area contributed by atoms with E-state index in [9.17, 15) is 4.79 Å². The molecule has 0 unspecified atom stereocenters. The van der Waals surface area contributed by atoms with Crippen LogP contribution < -0.4 is 5.32 Å². The van der Waals surface area contributed by atoms with Crippen LogP contribution in [0.25, 0.3) is 0 Å². The summed E-state index contributed by atoms with van der Waals surface area (Å²) in [5, 5.41) is 12.5. The lowest BCUT2D eigenvalue weighted by atomic mass is 10.1. The fourth-order valence-electron chi connectivity index (χ4n) is 1.77. The average molecular weight is 291 g/mol. The van der Waals surface area contributed by atoms with Crippen LogP contribution in [0.15, 0.2) is 45.9 Å². The van der Waals surface area contributed by atoms with Crippen molar-refractivity contribution >= 4 is 17.7 Å². The molecule has 0 atom stereocenters. The standard InChI is InChI=1S/C15H17NO3S/c1-20-14-7-6-13(19-14)15(18)16-9-8-11-2-4-12(10-17)5-3-11/h2-7,17H,8-10H2,1H3,(H,16,18). The normalized spacial score (nSPS) is 10.5. The lowest BCUT2D eigenvalue weighted by molar-refractivity contribution is 0.0921. The van der Waals surface area contributed by atoms with Crippen molar-refractivity contribution in [1.29, 1.82) is 0 Å². The van der Waals surface area contributed by atoms with Gasteiger partial charge in [-0.1, -0.05) is 36.0 Å². The molecule has 0 radical (unpaired) electrons. The number of nitrogens with one attached hydrogen (secondary N) is 1. The van der Waals surface area contributed by atoms with Crippen LogP contribution in [0.2, 0.25) is 0 Å². The lowest BCUT2D eigenvalue weighted by Crippen LogP contribution is -2.25. The van der Waals surface area contributed by atoms with Crippen molar-refractivity contribution in [1.82, 2.24) is 5.32 Å². The van der Waals surface area contributed by atoms with Crippen molar-refractivity contribution in [3.05, 3.63) is 53.3 Å². The summed E-state index contributed by atoms with van der Waals surface area (Å²) in [4.78, 5) is 11.8. The summed E-state index contributed by atoms with van der Waals surface area (Å²) in [6.45, 7) is 0.597. The van der Waals surface area contributed by atoms with Crippen molar-refractivity contribution in [2.24, 2.45) is 0 Å². The van der Waals surface area contributed by atoms with Gasteiger partial charge in [-0.2, -0.15) is 0 Å². The van der Waals surface area contributed by atoms with Crippen LogP contribution in [-0.4, -0.2) is 23.8 Å². The minimum atomic E-state index is -0.197. The van der Waals surface area contributed by atoms with Crippen LogP contribution in [0.5, 0.6) is 0 Å². The second-order valence-corrected chi connectivity index (χ2v) is 5.11. The number of amides is 1. The Bertz CT molecular complexity index is 563. The maximum absolute atomic E-state index is 11.8. The molecule has 0 aliphatic carbocycles. The van der Waals surface area contributed by atoms with Crippen LogP contribution in [0.4, 0.5) is 0 Å². The monoisotopic (exact) mass is 291 g/mol. The smallest absolute Gasteiger partial charge is 0.287 e. The molecule has 2 rings (SSSR count). The van der Waals surface area contributed by atoms with E-state index in [4.69, 9.17) is 9.52 Å². The van der Waals surface area contributed by atoms with Crippen molar-refractivity contribution in [2.75, 3.05) is 12.8 Å². The van der Waals surface area contributed by atoms with Gasteiger partial charge in [-0.05, 0) is 35.9 Å². The number of benzene rings is 1. The largest absolute Gasteiger partial charge is 0.445 e. The zero-order valence-corrected chi connectivity index (χ0v) is 12.1. The molecular weight excluding hydrogens is 274 g/mol. The molecule has 5 heteroatoms. The van der Waals surface area contributed by atoms with E-state index in [1.54, 1.807) is 12.1 Å². The second kappa shape index (κ2) is 7.17. The molecule has 0 spiro atoms. The molecule has 2 aromatic rings. The summed E-state index contributed by atoms with van der Waals surface area (Å²) >= 11 is 1.46. The summed E-state index contributed by atoms with van der Waals surface area (Å²) < 4.78 is 5.35. The maximum atomic E-state index is 11.8. The van der Waals surface area contributed by atoms with Gasteiger partial charge in [0.25, 0.3) is 5.91 Å². The van der Waals surface area contributed by atoms with Gasteiger partial charge in [-0.3, -0.25) is 4.79 Å². The summed E-state index contributed by atoms with van der Waals surface area (Å²) in [5.41, 5.74) is 2.00. The van der Waals surface area contributed by atoms with Crippen LogP contribution >= 0.6 is 11.8 Å².